The summed E-state index contributed by atoms with van der Waals surface area (Å²) in [6.07, 6.45) is 7.60. The van der Waals surface area contributed by atoms with E-state index in [1.54, 1.807) is 12.3 Å². The van der Waals surface area contributed by atoms with Crippen molar-refractivity contribution in [3.8, 4) is 11.5 Å². The highest BCUT2D eigenvalue weighted by molar-refractivity contribution is 5.97. The van der Waals surface area contributed by atoms with E-state index in [0.29, 0.717) is 37.3 Å². The minimum absolute atomic E-state index is 0.122. The first kappa shape index (κ1) is 20.8. The van der Waals surface area contributed by atoms with Crippen molar-refractivity contribution in [3.05, 3.63) is 54.1 Å². The molecule has 0 radical (unpaired) electrons. The smallest absolute Gasteiger partial charge is 0.255 e. The first-order chi connectivity index (χ1) is 15.1. The Morgan fingerprint density at radius 1 is 1.23 bits per heavy atom. The van der Waals surface area contributed by atoms with E-state index in [0.717, 1.165) is 31.2 Å². The lowest BCUT2D eigenvalue weighted by atomic mass is 10.1. The Labute approximate surface area is 179 Å². The molecule has 0 aliphatic carbocycles. The standard InChI is InChI=1S/C23H25FN4O3/c24-17-6-7-19(20(14-17)31-18-13-16-8-10-25-22(16)27-15-18)23(30)26-9-4-12-28-11-3-1-2-5-21(28)29/h6-8,10,13-15H,1-5,9,11-12H2,(H,25,27)(H,26,30). The second-order valence-corrected chi connectivity index (χ2v) is 7.63. The van der Waals surface area contributed by atoms with Crippen molar-refractivity contribution in [2.75, 3.05) is 19.6 Å². The van der Waals surface area contributed by atoms with Crippen LogP contribution in [0.15, 0.2) is 42.7 Å². The molecule has 31 heavy (non-hydrogen) atoms. The molecule has 0 unspecified atom stereocenters. The normalized spacial score (nSPS) is 14.5. The van der Waals surface area contributed by atoms with Crippen molar-refractivity contribution < 1.29 is 18.7 Å². The van der Waals surface area contributed by atoms with Gasteiger partial charge in [-0.05, 0) is 43.5 Å². The number of nitrogens with zero attached hydrogens (tertiary/aromatic N) is 2. The van der Waals surface area contributed by atoms with Gasteiger partial charge in [0, 0.05) is 43.7 Å². The van der Waals surface area contributed by atoms with Crippen LogP contribution < -0.4 is 10.1 Å². The van der Waals surface area contributed by atoms with Crippen LogP contribution in [0.1, 0.15) is 42.5 Å². The highest BCUT2D eigenvalue weighted by Crippen LogP contribution is 2.28. The summed E-state index contributed by atoms with van der Waals surface area (Å²) in [5.74, 6) is -0.135. The largest absolute Gasteiger partial charge is 0.455 e. The molecule has 3 aromatic rings. The number of ether oxygens (including phenoxy) is 1. The van der Waals surface area contributed by atoms with Crippen LogP contribution in [0.4, 0.5) is 4.39 Å². The summed E-state index contributed by atoms with van der Waals surface area (Å²) in [5.41, 5.74) is 0.953. The van der Waals surface area contributed by atoms with Crippen LogP contribution >= 0.6 is 0 Å². The maximum absolute atomic E-state index is 13.8. The summed E-state index contributed by atoms with van der Waals surface area (Å²) in [6.45, 7) is 1.81. The zero-order valence-electron chi connectivity index (χ0n) is 17.2. The molecule has 1 aliphatic rings. The molecule has 7 nitrogen and oxygen atoms in total. The molecule has 4 rings (SSSR count). The Morgan fingerprint density at radius 3 is 3.03 bits per heavy atom. The van der Waals surface area contributed by atoms with Crippen LogP contribution in [0.3, 0.4) is 0 Å². The predicted octanol–water partition coefficient (Wildman–Crippen LogP) is 4.02. The number of amides is 2. The molecule has 1 saturated heterocycles. The molecule has 0 saturated carbocycles. The Kier molecular flexibility index (Phi) is 6.45. The lowest BCUT2D eigenvalue weighted by Gasteiger charge is -2.20. The molecule has 2 N–H and O–H groups in total. The second-order valence-electron chi connectivity index (χ2n) is 7.63. The van der Waals surface area contributed by atoms with Crippen molar-refractivity contribution in [2.24, 2.45) is 0 Å². The van der Waals surface area contributed by atoms with Crippen LogP contribution in [0.25, 0.3) is 11.0 Å². The summed E-state index contributed by atoms with van der Waals surface area (Å²) in [5, 5.41) is 3.69. The summed E-state index contributed by atoms with van der Waals surface area (Å²) in [7, 11) is 0. The van der Waals surface area contributed by atoms with Gasteiger partial charge in [0.1, 0.15) is 23.0 Å². The minimum atomic E-state index is -0.498. The predicted molar refractivity (Wildman–Crippen MR) is 115 cm³/mol. The third kappa shape index (κ3) is 5.20. The molecule has 162 valence electrons. The van der Waals surface area contributed by atoms with E-state index >= 15 is 0 Å². The van der Waals surface area contributed by atoms with Gasteiger partial charge in [-0.15, -0.1) is 0 Å². The van der Waals surface area contributed by atoms with Gasteiger partial charge in [-0.1, -0.05) is 6.42 Å². The van der Waals surface area contributed by atoms with E-state index in [2.05, 4.69) is 15.3 Å². The molecule has 3 heterocycles. The van der Waals surface area contributed by atoms with Gasteiger partial charge in [0.15, 0.2) is 0 Å². The van der Waals surface area contributed by atoms with Gasteiger partial charge in [0.2, 0.25) is 5.91 Å². The quantitative estimate of drug-likeness (QED) is 0.561. The lowest BCUT2D eigenvalue weighted by molar-refractivity contribution is -0.130. The fourth-order valence-corrected chi connectivity index (χ4v) is 3.71. The molecule has 8 heteroatoms. The zero-order valence-corrected chi connectivity index (χ0v) is 17.2. The Balaban J connectivity index is 1.38. The number of hydrogen-bond donors (Lipinski definition) is 2. The second kappa shape index (κ2) is 9.59. The number of H-pyrrole nitrogens is 1. The molecule has 2 aromatic heterocycles. The van der Waals surface area contributed by atoms with Crippen LogP contribution in [0, 0.1) is 5.82 Å². The van der Waals surface area contributed by atoms with E-state index < -0.39 is 5.82 Å². The molecule has 0 bridgehead atoms. The Hall–Kier alpha value is -3.42. The molecule has 2 amide bonds. The number of likely N-dealkylation sites (tertiary alicyclic amines) is 1. The number of hydrogen-bond acceptors (Lipinski definition) is 4. The van der Waals surface area contributed by atoms with E-state index in [9.17, 15) is 14.0 Å². The van der Waals surface area contributed by atoms with E-state index in [-0.39, 0.29) is 23.1 Å². The average molecular weight is 424 g/mol. The van der Waals surface area contributed by atoms with Crippen molar-refractivity contribution in [2.45, 2.75) is 32.1 Å². The molecular formula is C23H25FN4O3. The number of aromatic amines is 1. The SMILES string of the molecule is O=C(NCCCN1CCCCCC1=O)c1ccc(F)cc1Oc1cnc2[nH]ccc2c1. The third-order valence-corrected chi connectivity index (χ3v) is 5.35. The zero-order chi connectivity index (χ0) is 21.6. The van der Waals surface area contributed by atoms with Gasteiger partial charge in [0.25, 0.3) is 5.91 Å². The highest BCUT2D eigenvalue weighted by atomic mass is 19.1. The summed E-state index contributed by atoms with van der Waals surface area (Å²) >= 11 is 0. The molecule has 1 aliphatic heterocycles. The Bertz CT molecular complexity index is 1080. The van der Waals surface area contributed by atoms with Crippen LogP contribution in [-0.4, -0.2) is 46.3 Å². The number of benzene rings is 1. The third-order valence-electron chi connectivity index (χ3n) is 5.35. The number of aromatic nitrogens is 2. The maximum atomic E-state index is 13.8. The number of pyridine rings is 1. The number of carbonyl (C=O) groups is 2. The molecule has 0 spiro atoms. The van der Waals surface area contributed by atoms with Gasteiger partial charge in [0.05, 0.1) is 11.8 Å². The van der Waals surface area contributed by atoms with Gasteiger partial charge in [-0.3, -0.25) is 9.59 Å². The van der Waals surface area contributed by atoms with Gasteiger partial charge in [-0.2, -0.15) is 0 Å². The van der Waals surface area contributed by atoms with Crippen molar-refractivity contribution in [3.63, 3.8) is 0 Å². The van der Waals surface area contributed by atoms with Gasteiger partial charge < -0.3 is 19.9 Å². The fourth-order valence-electron chi connectivity index (χ4n) is 3.71. The summed E-state index contributed by atoms with van der Waals surface area (Å²) in [6, 6.07) is 7.44. The number of carbonyl (C=O) groups excluding carboxylic acids is 2. The van der Waals surface area contributed by atoms with Crippen LogP contribution in [-0.2, 0) is 4.79 Å². The summed E-state index contributed by atoms with van der Waals surface area (Å²) in [4.78, 5) is 33.9. The van der Waals surface area contributed by atoms with Crippen molar-refractivity contribution >= 4 is 22.8 Å². The molecule has 1 aromatic carbocycles. The van der Waals surface area contributed by atoms with Crippen molar-refractivity contribution in [1.29, 1.82) is 0 Å². The molecule has 0 atom stereocenters. The van der Waals surface area contributed by atoms with E-state index in [1.165, 1.54) is 24.4 Å². The number of nitrogens with one attached hydrogen (secondary N) is 2. The van der Waals surface area contributed by atoms with Crippen LogP contribution in [0.5, 0.6) is 11.5 Å². The fraction of sp³-hybridized carbons (Fsp3) is 0.348. The minimum Gasteiger partial charge on any atom is -0.455 e. The average Bonchev–Trinajstić information content (AvgIpc) is 3.13. The first-order valence-electron chi connectivity index (χ1n) is 10.6. The van der Waals surface area contributed by atoms with Gasteiger partial charge >= 0.3 is 0 Å². The van der Waals surface area contributed by atoms with E-state index in [1.807, 2.05) is 11.0 Å². The number of halogens is 1. The molecule has 1 fully saturated rings. The Morgan fingerprint density at radius 2 is 2.13 bits per heavy atom. The number of fused-ring (bicyclic) bond motifs is 1. The van der Waals surface area contributed by atoms with E-state index in [4.69, 9.17) is 4.74 Å². The van der Waals surface area contributed by atoms with Crippen molar-refractivity contribution in [1.82, 2.24) is 20.2 Å². The first-order valence-corrected chi connectivity index (χ1v) is 10.6. The molecular weight excluding hydrogens is 399 g/mol. The van der Waals surface area contributed by atoms with Crippen LogP contribution in [0.2, 0.25) is 0 Å². The monoisotopic (exact) mass is 424 g/mol. The maximum Gasteiger partial charge on any atom is 0.255 e. The summed E-state index contributed by atoms with van der Waals surface area (Å²) < 4.78 is 19.6. The topological polar surface area (TPSA) is 87.3 Å². The number of rotatable bonds is 7. The highest BCUT2D eigenvalue weighted by Gasteiger charge is 2.17. The van der Waals surface area contributed by atoms with Gasteiger partial charge in [-0.25, -0.2) is 9.37 Å². The lowest BCUT2D eigenvalue weighted by Crippen LogP contribution is -2.34.